The van der Waals surface area contributed by atoms with Crippen molar-refractivity contribution in [3.05, 3.63) is 56.2 Å². The fourth-order valence-corrected chi connectivity index (χ4v) is 5.88. The summed E-state index contributed by atoms with van der Waals surface area (Å²) in [4.78, 5) is 22.4. The zero-order valence-corrected chi connectivity index (χ0v) is 17.3. The minimum Gasteiger partial charge on any atom is -0.342 e. The van der Waals surface area contributed by atoms with Crippen LogP contribution < -0.4 is 10.5 Å². The molecule has 3 heterocycles. The highest BCUT2D eigenvalue weighted by atomic mass is 32.1. The summed E-state index contributed by atoms with van der Waals surface area (Å²) in [5.41, 5.74) is 3.77. The molecule has 148 valence electrons. The van der Waals surface area contributed by atoms with Gasteiger partial charge in [-0.25, -0.2) is 4.98 Å². The molecule has 0 atom stereocenters. The Morgan fingerprint density at radius 3 is 2.69 bits per heavy atom. The van der Waals surface area contributed by atoms with Gasteiger partial charge in [-0.3, -0.25) is 9.36 Å². The van der Waals surface area contributed by atoms with E-state index < -0.39 is 0 Å². The molecule has 0 unspecified atom stereocenters. The van der Waals surface area contributed by atoms with E-state index in [0.717, 1.165) is 60.5 Å². The first-order valence-corrected chi connectivity index (χ1v) is 11.4. The quantitative estimate of drug-likeness (QED) is 0.655. The minimum atomic E-state index is 0.0442. The molecule has 0 radical (unpaired) electrons. The maximum absolute atomic E-state index is 13.6. The molecular weight excluding hydrogens is 380 g/mol. The van der Waals surface area contributed by atoms with Crippen molar-refractivity contribution in [3.63, 3.8) is 0 Å². The first kappa shape index (κ1) is 18.4. The molecule has 1 aromatic carbocycles. The highest BCUT2D eigenvalue weighted by Gasteiger charge is 2.25. The third-order valence-electron chi connectivity index (χ3n) is 6.14. The second-order valence-corrected chi connectivity index (χ2v) is 9.11. The maximum atomic E-state index is 13.6. The normalized spacial score (nSPS) is 16.6. The molecule has 2 aliphatic rings. The standard InChI is InChI=1S/C23H24N4OS/c24-14-16-8-2-3-9-17(16)15-27-22(28)21-20(18-10-4-5-11-19(18)29-21)25-23(27)26-12-6-1-7-13-26/h2-3,8-9H,1,4-7,10-13,15H2. The fourth-order valence-electron chi connectivity index (χ4n) is 4.60. The van der Waals surface area contributed by atoms with E-state index >= 15 is 0 Å². The van der Waals surface area contributed by atoms with Crippen LogP contribution >= 0.6 is 11.3 Å². The van der Waals surface area contributed by atoms with Gasteiger partial charge in [0.25, 0.3) is 5.56 Å². The Morgan fingerprint density at radius 1 is 1.07 bits per heavy atom. The molecule has 3 aromatic rings. The number of hydrogen-bond donors (Lipinski definition) is 0. The Kier molecular flexibility index (Phi) is 4.84. The predicted molar refractivity (Wildman–Crippen MR) is 117 cm³/mol. The first-order chi connectivity index (χ1) is 14.3. The summed E-state index contributed by atoms with van der Waals surface area (Å²) in [6, 6.07) is 9.81. The van der Waals surface area contributed by atoms with E-state index in [-0.39, 0.29) is 5.56 Å². The van der Waals surface area contributed by atoms with Crippen LogP contribution in [-0.4, -0.2) is 22.6 Å². The Balaban J connectivity index is 1.71. The van der Waals surface area contributed by atoms with E-state index in [2.05, 4.69) is 11.0 Å². The summed E-state index contributed by atoms with van der Waals surface area (Å²) in [5, 5.41) is 9.50. The van der Waals surface area contributed by atoms with Gasteiger partial charge in [-0.2, -0.15) is 5.26 Å². The fraction of sp³-hybridized carbons (Fsp3) is 0.435. The molecule has 5 nitrogen and oxygen atoms in total. The van der Waals surface area contributed by atoms with E-state index in [1.54, 1.807) is 11.3 Å². The van der Waals surface area contributed by atoms with Crippen LogP contribution in [0.2, 0.25) is 0 Å². The second-order valence-electron chi connectivity index (χ2n) is 8.01. The van der Waals surface area contributed by atoms with Gasteiger partial charge in [0.1, 0.15) is 4.70 Å². The van der Waals surface area contributed by atoms with Crippen LogP contribution in [-0.2, 0) is 19.4 Å². The van der Waals surface area contributed by atoms with Gasteiger partial charge in [-0.15, -0.1) is 11.3 Å². The molecule has 0 N–H and O–H groups in total. The Labute approximate surface area is 174 Å². The topological polar surface area (TPSA) is 61.9 Å². The van der Waals surface area contributed by atoms with Crippen molar-refractivity contribution in [2.24, 2.45) is 0 Å². The van der Waals surface area contributed by atoms with Crippen molar-refractivity contribution in [3.8, 4) is 6.07 Å². The zero-order chi connectivity index (χ0) is 19.8. The Morgan fingerprint density at radius 2 is 1.86 bits per heavy atom. The van der Waals surface area contributed by atoms with Crippen molar-refractivity contribution >= 4 is 27.5 Å². The van der Waals surface area contributed by atoms with Gasteiger partial charge < -0.3 is 4.90 Å². The van der Waals surface area contributed by atoms with Gasteiger partial charge in [-0.05, 0) is 62.1 Å². The largest absolute Gasteiger partial charge is 0.342 e. The van der Waals surface area contributed by atoms with Crippen molar-refractivity contribution in [2.75, 3.05) is 18.0 Å². The van der Waals surface area contributed by atoms with Gasteiger partial charge in [0, 0.05) is 18.0 Å². The summed E-state index contributed by atoms with van der Waals surface area (Å²) in [7, 11) is 0. The molecule has 1 aliphatic carbocycles. The molecular formula is C23H24N4OS. The lowest BCUT2D eigenvalue weighted by molar-refractivity contribution is 0.553. The maximum Gasteiger partial charge on any atom is 0.273 e. The second kappa shape index (κ2) is 7.64. The predicted octanol–water partition coefficient (Wildman–Crippen LogP) is 4.25. The molecule has 0 amide bonds. The lowest BCUT2D eigenvalue weighted by Crippen LogP contribution is -2.36. The van der Waals surface area contributed by atoms with E-state index in [1.807, 2.05) is 28.8 Å². The highest BCUT2D eigenvalue weighted by molar-refractivity contribution is 7.19. The number of nitriles is 1. The monoisotopic (exact) mass is 404 g/mol. The van der Waals surface area contributed by atoms with E-state index in [0.29, 0.717) is 12.1 Å². The Bertz CT molecular complexity index is 1160. The van der Waals surface area contributed by atoms with Gasteiger partial charge in [0.05, 0.1) is 23.7 Å². The lowest BCUT2D eigenvalue weighted by Gasteiger charge is -2.30. The van der Waals surface area contributed by atoms with E-state index in [1.165, 1.54) is 29.7 Å². The SMILES string of the molecule is N#Cc1ccccc1Cn1c(N2CCCCC2)nc2c3c(sc2c1=O)CCCC3. The average molecular weight is 405 g/mol. The van der Waals surface area contributed by atoms with Crippen molar-refractivity contribution in [1.29, 1.82) is 5.26 Å². The molecule has 6 heteroatoms. The summed E-state index contributed by atoms with van der Waals surface area (Å²) in [6.45, 7) is 2.26. The molecule has 1 saturated heterocycles. The third-order valence-corrected chi connectivity index (χ3v) is 7.41. The molecule has 1 aliphatic heterocycles. The number of hydrogen-bond acceptors (Lipinski definition) is 5. The summed E-state index contributed by atoms with van der Waals surface area (Å²) < 4.78 is 2.60. The van der Waals surface area contributed by atoms with E-state index in [4.69, 9.17) is 4.98 Å². The van der Waals surface area contributed by atoms with Crippen molar-refractivity contribution in [2.45, 2.75) is 51.5 Å². The smallest absolute Gasteiger partial charge is 0.273 e. The molecule has 0 spiro atoms. The van der Waals surface area contributed by atoms with Crippen LogP contribution in [0.5, 0.6) is 0 Å². The van der Waals surface area contributed by atoms with Gasteiger partial charge in [0.2, 0.25) is 5.95 Å². The molecule has 0 bridgehead atoms. The van der Waals surface area contributed by atoms with Crippen LogP contribution in [0.3, 0.4) is 0 Å². The van der Waals surface area contributed by atoms with Crippen LogP contribution in [0.1, 0.15) is 53.7 Å². The van der Waals surface area contributed by atoms with Gasteiger partial charge in [0.15, 0.2) is 0 Å². The minimum absolute atomic E-state index is 0.0442. The number of rotatable bonds is 3. The number of thiophene rings is 1. The number of aryl methyl sites for hydroxylation is 2. The van der Waals surface area contributed by atoms with Gasteiger partial charge in [-0.1, -0.05) is 18.2 Å². The van der Waals surface area contributed by atoms with E-state index in [9.17, 15) is 10.1 Å². The van der Waals surface area contributed by atoms with Crippen molar-refractivity contribution in [1.82, 2.24) is 9.55 Å². The van der Waals surface area contributed by atoms with Crippen LogP contribution in [0.4, 0.5) is 5.95 Å². The summed E-state index contributed by atoms with van der Waals surface area (Å²) >= 11 is 1.64. The molecule has 0 saturated carbocycles. The Hall–Kier alpha value is -2.65. The number of benzene rings is 1. The first-order valence-electron chi connectivity index (χ1n) is 10.5. The lowest BCUT2D eigenvalue weighted by atomic mass is 9.98. The summed E-state index contributed by atoms with van der Waals surface area (Å²) in [5.74, 6) is 0.779. The zero-order valence-electron chi connectivity index (χ0n) is 16.5. The van der Waals surface area contributed by atoms with Crippen LogP contribution in [0.15, 0.2) is 29.1 Å². The van der Waals surface area contributed by atoms with Gasteiger partial charge >= 0.3 is 0 Å². The number of anilines is 1. The summed E-state index contributed by atoms with van der Waals surface area (Å²) in [6.07, 6.45) is 7.96. The van der Waals surface area contributed by atoms with Crippen LogP contribution in [0, 0.1) is 11.3 Å². The molecule has 1 fully saturated rings. The molecule has 29 heavy (non-hydrogen) atoms. The average Bonchev–Trinajstić information content (AvgIpc) is 3.15. The number of fused-ring (bicyclic) bond motifs is 3. The number of nitrogens with zero attached hydrogens (tertiary/aromatic N) is 4. The van der Waals surface area contributed by atoms with Crippen LogP contribution in [0.25, 0.3) is 10.2 Å². The third kappa shape index (κ3) is 3.24. The van der Waals surface area contributed by atoms with Crippen molar-refractivity contribution < 1.29 is 0 Å². The molecule has 5 rings (SSSR count). The molecule has 2 aromatic heterocycles. The highest BCUT2D eigenvalue weighted by Crippen LogP contribution is 2.35. The number of piperidine rings is 1. The number of aromatic nitrogens is 2.